The van der Waals surface area contributed by atoms with Crippen molar-refractivity contribution in [3.63, 3.8) is 0 Å². The Morgan fingerprint density at radius 2 is 1.85 bits per heavy atom. The van der Waals surface area contributed by atoms with E-state index < -0.39 is 64.6 Å². The molecule has 0 unspecified atom stereocenters. The number of ketones is 1. The zero-order valence-corrected chi connectivity index (χ0v) is 16.1. The number of ether oxygens (including phenoxy) is 4. The van der Waals surface area contributed by atoms with Crippen LogP contribution in [-0.4, -0.2) is 76.4 Å². The Balaban J connectivity index is 1.77. The summed E-state index contributed by atoms with van der Waals surface area (Å²) in [5.74, 6) is -2.30. The molecule has 27 heavy (non-hydrogen) atoms. The number of aliphatic hydroxyl groups is 2. The summed E-state index contributed by atoms with van der Waals surface area (Å²) in [6, 6.07) is 0. The summed E-state index contributed by atoms with van der Waals surface area (Å²) in [4.78, 5) is 25.3. The Kier molecular flexibility index (Phi) is 3.16. The fourth-order valence-corrected chi connectivity index (χ4v) is 6.76. The maximum atomic E-state index is 12.9. The quantitative estimate of drug-likeness (QED) is 0.489. The average molecular weight is 382 g/mol. The highest BCUT2D eigenvalue weighted by molar-refractivity contribution is 5.87. The summed E-state index contributed by atoms with van der Waals surface area (Å²) < 4.78 is 23.3. The molecule has 3 heterocycles. The minimum Gasteiger partial charge on any atom is -0.456 e. The lowest BCUT2D eigenvalue weighted by atomic mass is 9.48. The topological polar surface area (TPSA) is 115 Å². The van der Waals surface area contributed by atoms with Gasteiger partial charge in [-0.05, 0) is 12.8 Å². The van der Waals surface area contributed by atoms with Crippen molar-refractivity contribution in [3.05, 3.63) is 0 Å². The Labute approximate surface area is 157 Å². The lowest BCUT2D eigenvalue weighted by molar-refractivity contribution is -0.319. The van der Waals surface area contributed by atoms with Crippen molar-refractivity contribution in [2.24, 2.45) is 17.3 Å². The number of esters is 1. The summed E-state index contributed by atoms with van der Waals surface area (Å²) in [7, 11) is 1.46. The molecule has 0 aromatic carbocycles. The van der Waals surface area contributed by atoms with Crippen LogP contribution in [0.5, 0.6) is 0 Å². The molecule has 2 N–H and O–H groups in total. The number of rotatable bonds is 2. The number of Topliss-reactive ketones (excluding diaryl/α,β-unsaturated/α-hetero) is 1. The molecule has 2 aliphatic carbocycles. The molecule has 8 nitrogen and oxygen atoms in total. The van der Waals surface area contributed by atoms with E-state index in [0.29, 0.717) is 0 Å². The van der Waals surface area contributed by atoms with Crippen LogP contribution in [0.1, 0.15) is 34.1 Å². The van der Waals surface area contributed by atoms with Crippen LogP contribution in [0.2, 0.25) is 0 Å². The second-order valence-electron chi connectivity index (χ2n) is 9.29. The molecule has 2 saturated carbocycles. The summed E-state index contributed by atoms with van der Waals surface area (Å²) in [6.07, 6.45) is -3.63. The average Bonchev–Trinajstić information content (AvgIpc) is 3.26. The van der Waals surface area contributed by atoms with E-state index >= 15 is 0 Å². The molecule has 1 spiro atoms. The van der Waals surface area contributed by atoms with Gasteiger partial charge in [0.15, 0.2) is 11.9 Å². The van der Waals surface area contributed by atoms with E-state index in [0.717, 1.165) is 0 Å². The van der Waals surface area contributed by atoms with Gasteiger partial charge in [0.1, 0.15) is 47.1 Å². The van der Waals surface area contributed by atoms with Gasteiger partial charge >= 0.3 is 5.97 Å². The zero-order valence-electron chi connectivity index (χ0n) is 16.1. The van der Waals surface area contributed by atoms with Crippen LogP contribution in [-0.2, 0) is 28.5 Å². The van der Waals surface area contributed by atoms with E-state index in [4.69, 9.17) is 18.9 Å². The molecule has 5 aliphatic rings. The molecule has 0 aromatic rings. The highest BCUT2D eigenvalue weighted by Gasteiger charge is 2.94. The third-order valence-corrected chi connectivity index (χ3v) is 8.23. The minimum absolute atomic E-state index is 0.0712. The van der Waals surface area contributed by atoms with Gasteiger partial charge in [0.25, 0.3) is 0 Å². The maximum absolute atomic E-state index is 12.9. The number of hydrogen-bond donors (Lipinski definition) is 2. The normalized spacial score (nSPS) is 60.7. The Bertz CT molecular complexity index is 752. The summed E-state index contributed by atoms with van der Waals surface area (Å²) >= 11 is 0. The van der Waals surface area contributed by atoms with Crippen LogP contribution in [0.3, 0.4) is 0 Å². The molecule has 5 rings (SSSR count). The highest BCUT2D eigenvalue weighted by Crippen LogP contribution is 2.75. The number of hydrogen-bond acceptors (Lipinski definition) is 8. The summed E-state index contributed by atoms with van der Waals surface area (Å²) in [5, 5.41) is 23.6. The van der Waals surface area contributed by atoms with E-state index in [1.54, 1.807) is 27.7 Å². The molecule has 3 aliphatic heterocycles. The van der Waals surface area contributed by atoms with E-state index in [1.165, 1.54) is 7.11 Å². The molecule has 0 aromatic heterocycles. The van der Waals surface area contributed by atoms with E-state index in [2.05, 4.69) is 0 Å². The fraction of sp³-hybridized carbons (Fsp3) is 0.895. The van der Waals surface area contributed by atoms with Gasteiger partial charge in [-0.15, -0.1) is 0 Å². The van der Waals surface area contributed by atoms with Crippen LogP contribution in [0.4, 0.5) is 0 Å². The van der Waals surface area contributed by atoms with Crippen molar-refractivity contribution in [1.82, 2.24) is 0 Å². The van der Waals surface area contributed by atoms with Crippen molar-refractivity contribution in [2.45, 2.75) is 81.4 Å². The lowest BCUT2D eigenvalue weighted by Crippen LogP contribution is -2.78. The van der Waals surface area contributed by atoms with Gasteiger partial charge in [-0.25, -0.2) is 0 Å². The first-order valence-electron chi connectivity index (χ1n) is 9.55. The molecule has 8 heteroatoms. The predicted octanol–water partition coefficient (Wildman–Crippen LogP) is -0.421. The number of methoxy groups -OCH3 is 1. The van der Waals surface area contributed by atoms with Crippen LogP contribution >= 0.6 is 0 Å². The molecule has 3 saturated heterocycles. The standard InChI is InChI=1S/C19H26O8/c1-7(2)18(22)10-15(21)26-13(18)11(24-5)16(4)17(6-9(20)8(3)27-17)12-14(25-12)19(10,16)23/h7-8,10-14,22-23H,6H2,1-5H3/t8-,10-,11+,12+,13-,14-,16-,17+,18+,19-/m0/s1. The van der Waals surface area contributed by atoms with Crippen LogP contribution < -0.4 is 0 Å². The Hall–Kier alpha value is -1.06. The molecule has 10 atom stereocenters. The first kappa shape index (κ1) is 18.0. The number of carbonyl (C=O) groups is 2. The third-order valence-electron chi connectivity index (χ3n) is 8.23. The van der Waals surface area contributed by atoms with E-state index in [1.807, 2.05) is 0 Å². The monoisotopic (exact) mass is 382 g/mol. The molecule has 2 bridgehead atoms. The summed E-state index contributed by atoms with van der Waals surface area (Å²) in [5.41, 5.74) is -5.66. The van der Waals surface area contributed by atoms with Gasteiger partial charge in [-0.1, -0.05) is 20.8 Å². The van der Waals surface area contributed by atoms with Gasteiger partial charge in [0.05, 0.1) is 5.41 Å². The van der Waals surface area contributed by atoms with Gasteiger partial charge in [0, 0.05) is 13.5 Å². The molecule has 0 amide bonds. The second kappa shape index (κ2) is 4.74. The third kappa shape index (κ3) is 1.52. The van der Waals surface area contributed by atoms with Crippen LogP contribution in [0.15, 0.2) is 0 Å². The maximum Gasteiger partial charge on any atom is 0.315 e. The Morgan fingerprint density at radius 3 is 2.37 bits per heavy atom. The van der Waals surface area contributed by atoms with Gasteiger partial charge in [-0.2, -0.15) is 0 Å². The smallest absolute Gasteiger partial charge is 0.315 e. The van der Waals surface area contributed by atoms with Crippen molar-refractivity contribution in [3.8, 4) is 0 Å². The van der Waals surface area contributed by atoms with Crippen LogP contribution in [0.25, 0.3) is 0 Å². The molecular formula is C19H26O8. The Morgan fingerprint density at radius 1 is 1.19 bits per heavy atom. The first-order chi connectivity index (χ1) is 12.5. The van der Waals surface area contributed by atoms with E-state index in [-0.39, 0.29) is 18.1 Å². The highest BCUT2D eigenvalue weighted by atomic mass is 16.7. The predicted molar refractivity (Wildman–Crippen MR) is 88.6 cm³/mol. The van der Waals surface area contributed by atoms with Crippen molar-refractivity contribution >= 4 is 11.8 Å². The van der Waals surface area contributed by atoms with Gasteiger partial charge in [0.2, 0.25) is 0 Å². The van der Waals surface area contributed by atoms with Crippen LogP contribution in [0, 0.1) is 17.3 Å². The van der Waals surface area contributed by atoms with Gasteiger partial charge < -0.3 is 29.2 Å². The fourth-order valence-electron chi connectivity index (χ4n) is 6.76. The molecular weight excluding hydrogens is 356 g/mol. The minimum atomic E-state index is -1.77. The van der Waals surface area contributed by atoms with Crippen molar-refractivity contribution < 1.29 is 38.7 Å². The number of carbonyl (C=O) groups excluding carboxylic acids is 2. The molecule has 0 radical (unpaired) electrons. The van der Waals surface area contributed by atoms with Crippen molar-refractivity contribution in [2.75, 3.05) is 7.11 Å². The second-order valence-corrected chi connectivity index (χ2v) is 9.29. The molecule has 5 fully saturated rings. The largest absolute Gasteiger partial charge is 0.456 e. The summed E-state index contributed by atoms with van der Waals surface area (Å²) in [6.45, 7) is 7.03. The molecule has 150 valence electrons. The first-order valence-corrected chi connectivity index (χ1v) is 9.55. The van der Waals surface area contributed by atoms with E-state index in [9.17, 15) is 19.8 Å². The number of fused-ring (bicyclic) bond motifs is 8. The number of epoxide rings is 1. The lowest BCUT2D eigenvalue weighted by Gasteiger charge is -2.61. The SMILES string of the molecule is CO[C@@H]1[C@@H]2OC(=O)[C@@H]([C@]2(O)C(C)C)[C@]2(O)[C@H]3O[C@H]3[C@]3(CC(=O)[C@H](C)O3)[C@]12C. The zero-order chi connectivity index (χ0) is 19.7. The van der Waals surface area contributed by atoms with Crippen molar-refractivity contribution in [1.29, 1.82) is 0 Å². The van der Waals surface area contributed by atoms with Gasteiger partial charge in [-0.3, -0.25) is 9.59 Å².